The van der Waals surface area contributed by atoms with E-state index in [1.54, 1.807) is 31.2 Å². The largest absolute Gasteiger partial charge is 0.324 e. The van der Waals surface area contributed by atoms with E-state index in [9.17, 15) is 9.59 Å². The summed E-state index contributed by atoms with van der Waals surface area (Å²) in [6.07, 6.45) is 0. The highest BCUT2D eigenvalue weighted by Gasteiger charge is 2.41. The molecule has 2 heterocycles. The van der Waals surface area contributed by atoms with Crippen molar-refractivity contribution in [3.63, 3.8) is 0 Å². The Morgan fingerprint density at radius 2 is 1.90 bits per heavy atom. The zero-order chi connectivity index (χ0) is 14.5. The van der Waals surface area contributed by atoms with Gasteiger partial charge in [-0.25, -0.2) is 0 Å². The van der Waals surface area contributed by atoms with Crippen LogP contribution < -0.4 is 10.9 Å². The number of rotatable bonds is 1. The van der Waals surface area contributed by atoms with Crippen molar-refractivity contribution in [2.45, 2.75) is 12.6 Å². The van der Waals surface area contributed by atoms with Crippen LogP contribution in [0.25, 0.3) is 0 Å². The van der Waals surface area contributed by atoms with Crippen molar-refractivity contribution in [3.8, 4) is 0 Å². The van der Waals surface area contributed by atoms with Crippen LogP contribution in [-0.4, -0.2) is 10.5 Å². The molecule has 0 saturated heterocycles. The molecular formula is C14H10Cl2N2O2. The molecule has 1 aromatic carbocycles. The molecule has 20 heavy (non-hydrogen) atoms. The predicted octanol–water partition coefficient (Wildman–Crippen LogP) is 2.62. The van der Waals surface area contributed by atoms with Crippen LogP contribution in [0.5, 0.6) is 0 Å². The number of pyridine rings is 1. The molecule has 1 atom stereocenters. The van der Waals surface area contributed by atoms with Crippen molar-refractivity contribution >= 4 is 29.1 Å². The van der Waals surface area contributed by atoms with Gasteiger partial charge < -0.3 is 5.32 Å². The fraction of sp³-hybridized carbons (Fsp3) is 0.143. The summed E-state index contributed by atoms with van der Waals surface area (Å²) >= 11 is 11.9. The van der Waals surface area contributed by atoms with E-state index in [4.69, 9.17) is 23.2 Å². The topological polar surface area (TPSA) is 51.1 Å². The summed E-state index contributed by atoms with van der Waals surface area (Å²) < 4.78 is 1.36. The lowest BCUT2D eigenvalue weighted by atomic mass is 10.0. The number of carbonyl (C=O) groups excluding carboxylic acids is 1. The molecule has 2 aromatic rings. The summed E-state index contributed by atoms with van der Waals surface area (Å²) in [7, 11) is 0. The molecule has 0 fully saturated rings. The molecule has 0 saturated carbocycles. The average Bonchev–Trinajstić information content (AvgIpc) is 2.67. The van der Waals surface area contributed by atoms with E-state index < -0.39 is 11.2 Å². The standard InChI is InChI=1S/C14H10Cl2N2O2/c1-14(8-3-2-4-9(15)7-8)17-12(19)11-6-5-10(16)13(20)18(11)14/h2-7H,1H3,(H,17,19). The van der Waals surface area contributed by atoms with Crippen molar-refractivity contribution in [2.24, 2.45) is 0 Å². The van der Waals surface area contributed by atoms with Crippen LogP contribution >= 0.6 is 23.2 Å². The lowest BCUT2D eigenvalue weighted by molar-refractivity contribution is 0.0941. The van der Waals surface area contributed by atoms with E-state index in [2.05, 4.69) is 5.32 Å². The van der Waals surface area contributed by atoms with E-state index in [1.165, 1.54) is 16.7 Å². The van der Waals surface area contributed by atoms with Gasteiger partial charge in [0.2, 0.25) is 0 Å². The highest BCUT2D eigenvalue weighted by atomic mass is 35.5. The van der Waals surface area contributed by atoms with Gasteiger partial charge in [-0.1, -0.05) is 35.3 Å². The molecule has 1 unspecified atom stereocenters. The number of hydrogen-bond acceptors (Lipinski definition) is 2. The molecule has 3 rings (SSSR count). The first-order chi connectivity index (χ1) is 9.43. The Bertz CT molecular complexity index is 785. The van der Waals surface area contributed by atoms with Crippen LogP contribution in [0.1, 0.15) is 23.0 Å². The number of aromatic nitrogens is 1. The Hall–Kier alpha value is -1.78. The average molecular weight is 309 g/mol. The van der Waals surface area contributed by atoms with Gasteiger partial charge in [0, 0.05) is 5.02 Å². The van der Waals surface area contributed by atoms with Gasteiger partial charge in [-0.15, -0.1) is 0 Å². The summed E-state index contributed by atoms with van der Waals surface area (Å²) in [5, 5.41) is 3.41. The van der Waals surface area contributed by atoms with Gasteiger partial charge in [0.05, 0.1) is 0 Å². The summed E-state index contributed by atoms with van der Waals surface area (Å²) in [6.45, 7) is 1.74. The minimum atomic E-state index is -1.00. The Morgan fingerprint density at radius 1 is 1.15 bits per heavy atom. The number of halogens is 2. The molecule has 1 aliphatic heterocycles. The number of benzene rings is 1. The molecular weight excluding hydrogens is 299 g/mol. The van der Waals surface area contributed by atoms with Crippen molar-refractivity contribution in [1.29, 1.82) is 0 Å². The zero-order valence-electron chi connectivity index (χ0n) is 10.5. The number of nitrogens with zero attached hydrogens (tertiary/aromatic N) is 1. The maximum absolute atomic E-state index is 12.3. The SMILES string of the molecule is CC1(c2cccc(Cl)c2)NC(=O)c2ccc(Cl)c(=O)n21. The predicted molar refractivity (Wildman–Crippen MR) is 77.4 cm³/mol. The van der Waals surface area contributed by atoms with Crippen molar-refractivity contribution in [2.75, 3.05) is 0 Å². The lowest BCUT2D eigenvalue weighted by Gasteiger charge is -2.27. The van der Waals surface area contributed by atoms with E-state index in [1.807, 2.05) is 0 Å². The Kier molecular flexibility index (Phi) is 2.88. The number of fused-ring (bicyclic) bond motifs is 1. The van der Waals surface area contributed by atoms with E-state index >= 15 is 0 Å². The quantitative estimate of drug-likeness (QED) is 0.880. The first kappa shape index (κ1) is 13.2. The fourth-order valence-electron chi connectivity index (χ4n) is 2.47. The summed E-state index contributed by atoms with van der Waals surface area (Å²) in [6, 6.07) is 9.97. The minimum Gasteiger partial charge on any atom is -0.324 e. The second-order valence-corrected chi connectivity index (χ2v) is 5.59. The molecule has 1 N–H and O–H groups in total. The van der Waals surface area contributed by atoms with Crippen LogP contribution in [0, 0.1) is 0 Å². The Morgan fingerprint density at radius 3 is 2.60 bits per heavy atom. The van der Waals surface area contributed by atoms with Gasteiger partial charge in [0.15, 0.2) is 0 Å². The smallest absolute Gasteiger partial charge is 0.272 e. The maximum Gasteiger partial charge on any atom is 0.272 e. The van der Waals surface area contributed by atoms with Crippen molar-refractivity contribution in [1.82, 2.24) is 9.88 Å². The molecule has 0 spiro atoms. The minimum absolute atomic E-state index is 0.0681. The van der Waals surface area contributed by atoms with E-state index in [0.29, 0.717) is 10.6 Å². The van der Waals surface area contributed by atoms with Gasteiger partial charge in [0.25, 0.3) is 11.5 Å². The van der Waals surface area contributed by atoms with Gasteiger partial charge in [-0.2, -0.15) is 0 Å². The fourth-order valence-corrected chi connectivity index (χ4v) is 2.81. The number of amides is 1. The van der Waals surface area contributed by atoms with Crippen LogP contribution in [0.3, 0.4) is 0 Å². The molecule has 0 bridgehead atoms. The monoisotopic (exact) mass is 308 g/mol. The van der Waals surface area contributed by atoms with Crippen LogP contribution in [0.4, 0.5) is 0 Å². The summed E-state index contributed by atoms with van der Waals surface area (Å²) in [4.78, 5) is 24.3. The molecule has 1 aromatic heterocycles. The zero-order valence-corrected chi connectivity index (χ0v) is 12.0. The molecule has 6 heteroatoms. The van der Waals surface area contributed by atoms with Gasteiger partial charge >= 0.3 is 0 Å². The normalized spacial score (nSPS) is 20.6. The molecule has 4 nitrogen and oxygen atoms in total. The van der Waals surface area contributed by atoms with Gasteiger partial charge in [-0.05, 0) is 36.8 Å². The molecule has 1 aliphatic rings. The molecule has 0 aliphatic carbocycles. The van der Waals surface area contributed by atoms with Gasteiger partial charge in [-0.3, -0.25) is 14.2 Å². The molecule has 102 valence electrons. The van der Waals surface area contributed by atoms with Crippen LogP contribution in [0.2, 0.25) is 10.0 Å². The highest BCUT2D eigenvalue weighted by molar-refractivity contribution is 6.30. The summed E-state index contributed by atoms with van der Waals surface area (Å²) in [5.41, 5.74) is -0.424. The van der Waals surface area contributed by atoms with Gasteiger partial charge in [0.1, 0.15) is 16.4 Å². The van der Waals surface area contributed by atoms with E-state index in [-0.39, 0.29) is 16.6 Å². The third-order valence-corrected chi connectivity index (χ3v) is 3.98. The van der Waals surface area contributed by atoms with Crippen LogP contribution in [-0.2, 0) is 5.66 Å². The highest BCUT2D eigenvalue weighted by Crippen LogP contribution is 2.30. The molecule has 0 radical (unpaired) electrons. The lowest BCUT2D eigenvalue weighted by Crippen LogP contribution is -2.45. The number of hydrogen-bond donors (Lipinski definition) is 1. The third-order valence-electron chi connectivity index (χ3n) is 3.46. The second kappa shape index (κ2) is 4.36. The number of carbonyl (C=O) groups is 1. The third kappa shape index (κ3) is 1.76. The van der Waals surface area contributed by atoms with Crippen molar-refractivity contribution < 1.29 is 4.79 Å². The number of nitrogens with one attached hydrogen (secondary N) is 1. The first-order valence-electron chi connectivity index (χ1n) is 5.94. The summed E-state index contributed by atoms with van der Waals surface area (Å²) in [5.74, 6) is -0.318. The Labute approximate surface area is 124 Å². The molecule has 1 amide bonds. The van der Waals surface area contributed by atoms with Crippen LogP contribution in [0.15, 0.2) is 41.2 Å². The first-order valence-corrected chi connectivity index (χ1v) is 6.70. The van der Waals surface area contributed by atoms with E-state index in [0.717, 1.165) is 0 Å². The maximum atomic E-state index is 12.3. The van der Waals surface area contributed by atoms with Crippen molar-refractivity contribution in [3.05, 3.63) is 68.1 Å². The Balaban J connectivity index is 2.32. The second-order valence-electron chi connectivity index (χ2n) is 4.74.